The highest BCUT2D eigenvalue weighted by molar-refractivity contribution is 7.99. The number of alkyl halides is 3. The van der Waals surface area contributed by atoms with Gasteiger partial charge in [-0.2, -0.15) is 13.2 Å². The van der Waals surface area contributed by atoms with E-state index in [0.717, 1.165) is 86.9 Å². The van der Waals surface area contributed by atoms with Gasteiger partial charge in [-0.15, -0.1) is 10.2 Å². The number of likely N-dealkylation sites (tertiary alicyclic amines) is 1. The van der Waals surface area contributed by atoms with Gasteiger partial charge in [0.25, 0.3) is 0 Å². The summed E-state index contributed by atoms with van der Waals surface area (Å²) in [6.07, 6.45) is 2.33. The summed E-state index contributed by atoms with van der Waals surface area (Å²) in [5.41, 5.74) is 0.216. The van der Waals surface area contributed by atoms with Crippen molar-refractivity contribution in [3.05, 3.63) is 41.2 Å². The van der Waals surface area contributed by atoms with Crippen molar-refractivity contribution in [1.29, 1.82) is 0 Å². The number of alkyl carbamates (subject to hydrolysis) is 1. The third-order valence-electron chi connectivity index (χ3n) is 8.83. The van der Waals surface area contributed by atoms with Crippen molar-refractivity contribution < 1.29 is 22.7 Å². The number of hydrogen-bond acceptors (Lipinski definition) is 6. The van der Waals surface area contributed by atoms with Crippen molar-refractivity contribution in [3.8, 4) is 0 Å². The quantitative estimate of drug-likeness (QED) is 0.270. The Labute approximate surface area is 245 Å². The Morgan fingerprint density at radius 2 is 1.83 bits per heavy atom. The highest BCUT2D eigenvalue weighted by Gasteiger charge is 2.57. The number of ether oxygens (including phenoxy) is 1. The van der Waals surface area contributed by atoms with Crippen LogP contribution in [0.25, 0.3) is 0 Å². The molecular weight excluding hydrogens is 551 g/mol. The molecule has 1 aromatic carbocycles. The molecule has 2 aromatic rings. The van der Waals surface area contributed by atoms with E-state index >= 15 is 0 Å². The molecule has 11 heteroatoms. The van der Waals surface area contributed by atoms with Crippen LogP contribution in [-0.4, -0.2) is 62.8 Å². The Morgan fingerprint density at radius 1 is 1.12 bits per heavy atom. The summed E-state index contributed by atoms with van der Waals surface area (Å²) in [5.74, 6) is 2.71. The molecule has 0 radical (unpaired) electrons. The summed E-state index contributed by atoms with van der Waals surface area (Å²) >= 11 is 1.74. The number of aromatic nitrogens is 3. The van der Waals surface area contributed by atoms with Crippen molar-refractivity contribution in [3.63, 3.8) is 0 Å². The average molecular weight is 594 g/mol. The van der Waals surface area contributed by atoms with Crippen LogP contribution in [0.15, 0.2) is 29.4 Å². The molecular formula is C30H42F3N5O2S. The zero-order chi connectivity index (χ0) is 29.4. The fraction of sp³-hybridized carbons (Fsp3) is 0.700. The summed E-state index contributed by atoms with van der Waals surface area (Å²) in [7, 11) is 2.04. The van der Waals surface area contributed by atoms with Crippen molar-refractivity contribution in [2.75, 3.05) is 25.4 Å². The Kier molecular flexibility index (Phi) is 8.68. The molecule has 3 aliphatic rings. The van der Waals surface area contributed by atoms with E-state index in [-0.39, 0.29) is 17.6 Å². The van der Waals surface area contributed by atoms with E-state index in [1.54, 1.807) is 23.9 Å². The van der Waals surface area contributed by atoms with Crippen molar-refractivity contribution in [2.24, 2.45) is 12.5 Å². The zero-order valence-corrected chi connectivity index (χ0v) is 25.3. The van der Waals surface area contributed by atoms with Gasteiger partial charge < -0.3 is 19.5 Å². The molecule has 226 valence electrons. The topological polar surface area (TPSA) is 72.3 Å². The number of nitrogens with zero attached hydrogens (tertiary/aromatic N) is 4. The van der Waals surface area contributed by atoms with Crippen LogP contribution < -0.4 is 5.32 Å². The minimum Gasteiger partial charge on any atom is -0.444 e. The largest absolute Gasteiger partial charge is 0.444 e. The normalized spacial score (nSPS) is 26.9. The van der Waals surface area contributed by atoms with E-state index < -0.39 is 17.3 Å². The lowest BCUT2D eigenvalue weighted by Crippen LogP contribution is -2.40. The van der Waals surface area contributed by atoms with Crippen LogP contribution in [0, 0.1) is 5.41 Å². The number of rotatable bonds is 8. The maximum absolute atomic E-state index is 12.9. The van der Waals surface area contributed by atoms with E-state index in [2.05, 4.69) is 25.0 Å². The lowest BCUT2D eigenvalue weighted by Gasteiger charge is -2.29. The molecule has 3 fully saturated rings. The minimum atomic E-state index is -4.28. The van der Waals surface area contributed by atoms with Crippen molar-refractivity contribution in [1.82, 2.24) is 25.0 Å². The van der Waals surface area contributed by atoms with Gasteiger partial charge in [-0.05, 0) is 108 Å². The molecule has 1 aromatic heterocycles. The van der Waals surface area contributed by atoms with Crippen molar-refractivity contribution in [2.45, 2.75) is 101 Å². The molecule has 2 saturated carbocycles. The smallest absolute Gasteiger partial charge is 0.416 e. The van der Waals surface area contributed by atoms with Crippen LogP contribution in [0.5, 0.6) is 0 Å². The number of nitrogens with one attached hydrogen (secondary N) is 1. The van der Waals surface area contributed by atoms with Gasteiger partial charge in [0.05, 0.1) is 5.56 Å². The van der Waals surface area contributed by atoms with Crippen LogP contribution in [-0.2, 0) is 18.0 Å². The number of carbonyl (C=O) groups is 1. The first-order valence-corrected chi connectivity index (χ1v) is 15.7. The van der Waals surface area contributed by atoms with Gasteiger partial charge in [0.15, 0.2) is 5.16 Å². The van der Waals surface area contributed by atoms with Gasteiger partial charge in [0.1, 0.15) is 11.4 Å². The number of amides is 1. The third kappa shape index (κ3) is 7.39. The van der Waals surface area contributed by atoms with Gasteiger partial charge in [0, 0.05) is 31.3 Å². The molecule has 2 heterocycles. The summed E-state index contributed by atoms with van der Waals surface area (Å²) < 4.78 is 46.2. The number of hydrogen-bond donors (Lipinski definition) is 1. The van der Waals surface area contributed by atoms with E-state index in [9.17, 15) is 18.0 Å². The molecule has 1 spiro atoms. The molecule has 1 unspecified atom stereocenters. The second-order valence-corrected chi connectivity index (χ2v) is 14.1. The third-order valence-corrected chi connectivity index (χ3v) is 9.93. The Morgan fingerprint density at radius 3 is 2.49 bits per heavy atom. The fourth-order valence-corrected chi connectivity index (χ4v) is 7.42. The van der Waals surface area contributed by atoms with E-state index in [4.69, 9.17) is 4.74 Å². The molecule has 2 atom stereocenters. The lowest BCUT2D eigenvalue weighted by molar-refractivity contribution is -0.137. The highest BCUT2D eigenvalue weighted by atomic mass is 32.2. The first-order chi connectivity index (χ1) is 19.3. The monoisotopic (exact) mass is 593 g/mol. The molecule has 0 bridgehead atoms. The van der Waals surface area contributed by atoms with E-state index in [0.29, 0.717) is 11.8 Å². The lowest BCUT2D eigenvalue weighted by atomic mass is 9.85. The molecule has 1 N–H and O–H groups in total. The molecule has 1 amide bonds. The van der Waals surface area contributed by atoms with E-state index in [1.807, 2.05) is 27.8 Å². The Balaban J connectivity index is 1.02. The average Bonchev–Trinajstić information content (AvgIpc) is 3.24. The number of halogens is 3. The predicted molar refractivity (Wildman–Crippen MR) is 153 cm³/mol. The summed E-state index contributed by atoms with van der Waals surface area (Å²) in [4.78, 5) is 14.6. The molecule has 41 heavy (non-hydrogen) atoms. The predicted octanol–water partition coefficient (Wildman–Crippen LogP) is 6.75. The highest BCUT2D eigenvalue weighted by Crippen LogP contribution is 2.64. The SMILES string of the molecule is Cn1c(SCCCN2CCC3(C[C@@H]3c3ccc(C(F)(F)F)cc3)C2)nnc1C1CCC(NC(=O)OC(C)(C)C)CC1. The summed E-state index contributed by atoms with van der Waals surface area (Å²) in [5, 5.41) is 12.9. The minimum absolute atomic E-state index is 0.133. The Bertz CT molecular complexity index is 1200. The fourth-order valence-electron chi connectivity index (χ4n) is 6.58. The van der Waals surface area contributed by atoms with Gasteiger partial charge in [-0.1, -0.05) is 23.9 Å². The molecule has 7 nitrogen and oxygen atoms in total. The molecule has 1 aliphatic heterocycles. The Hall–Kier alpha value is -2.27. The summed E-state index contributed by atoms with van der Waals surface area (Å²) in [6, 6.07) is 5.91. The standard InChI is InChI=1S/C30H42F3N5O2S/c1-28(2,3)40-27(39)34-23-12-8-21(9-13-23)25-35-36-26(37(25)4)41-17-5-15-38-16-14-29(19-38)18-24(29)20-6-10-22(11-7-20)30(31,32)33/h6-7,10-11,21,23-24H,5,8-9,12-19H2,1-4H3,(H,34,39)/t21?,23?,24-,29?/m1/s1. The maximum atomic E-state index is 12.9. The second kappa shape index (κ2) is 11.8. The molecule has 2 aliphatic carbocycles. The second-order valence-electron chi connectivity index (χ2n) is 13.1. The number of carbonyl (C=O) groups excluding carboxylic acids is 1. The first-order valence-electron chi connectivity index (χ1n) is 14.7. The molecule has 1 saturated heterocycles. The number of benzene rings is 1. The van der Waals surface area contributed by atoms with Gasteiger partial charge in [-0.25, -0.2) is 4.79 Å². The zero-order valence-electron chi connectivity index (χ0n) is 24.5. The van der Waals surface area contributed by atoms with Gasteiger partial charge in [0.2, 0.25) is 0 Å². The van der Waals surface area contributed by atoms with Crippen LogP contribution in [0.2, 0.25) is 0 Å². The maximum Gasteiger partial charge on any atom is 0.416 e. The van der Waals surface area contributed by atoms with Gasteiger partial charge in [-0.3, -0.25) is 0 Å². The van der Waals surface area contributed by atoms with Crippen LogP contribution in [0.1, 0.15) is 94.5 Å². The van der Waals surface area contributed by atoms with Crippen LogP contribution >= 0.6 is 11.8 Å². The molecule has 5 rings (SSSR count). The van der Waals surface area contributed by atoms with Crippen LogP contribution in [0.3, 0.4) is 0 Å². The first kappa shape index (κ1) is 30.2. The number of thioether (sulfide) groups is 1. The van der Waals surface area contributed by atoms with Crippen LogP contribution in [0.4, 0.5) is 18.0 Å². The summed E-state index contributed by atoms with van der Waals surface area (Å²) in [6.45, 7) is 8.71. The van der Waals surface area contributed by atoms with E-state index in [1.165, 1.54) is 12.1 Å². The van der Waals surface area contributed by atoms with Gasteiger partial charge >= 0.3 is 12.3 Å². The van der Waals surface area contributed by atoms with Crippen molar-refractivity contribution >= 4 is 17.9 Å².